The van der Waals surface area contributed by atoms with E-state index in [2.05, 4.69) is 48.3 Å². The van der Waals surface area contributed by atoms with Gasteiger partial charge in [-0.2, -0.15) is 5.10 Å². The molecule has 0 unspecified atom stereocenters. The van der Waals surface area contributed by atoms with Crippen LogP contribution in [0.3, 0.4) is 0 Å². The van der Waals surface area contributed by atoms with Crippen molar-refractivity contribution in [2.24, 2.45) is 0 Å². The number of aromatic nitrogens is 2. The van der Waals surface area contributed by atoms with E-state index in [9.17, 15) is 0 Å². The zero-order valence-electron chi connectivity index (χ0n) is 12.6. The number of piperidine rings is 1. The molecule has 1 fully saturated rings. The number of rotatable bonds is 6. The van der Waals surface area contributed by atoms with Crippen molar-refractivity contribution in [3.05, 3.63) is 18.0 Å². The second-order valence-electron chi connectivity index (χ2n) is 5.89. The van der Waals surface area contributed by atoms with Gasteiger partial charge in [0.1, 0.15) is 0 Å². The minimum absolute atomic E-state index is 0.456. The third-order valence-electron chi connectivity index (χ3n) is 3.85. The van der Waals surface area contributed by atoms with Crippen LogP contribution in [0.5, 0.6) is 0 Å². The minimum atomic E-state index is 0.456. The van der Waals surface area contributed by atoms with Crippen LogP contribution >= 0.6 is 0 Å². The van der Waals surface area contributed by atoms with E-state index in [1.54, 1.807) is 0 Å². The first-order chi connectivity index (χ1) is 9.19. The second kappa shape index (κ2) is 7.06. The largest absolute Gasteiger partial charge is 0.314 e. The molecular weight excluding hydrogens is 236 g/mol. The molecule has 4 heteroatoms. The van der Waals surface area contributed by atoms with Crippen LogP contribution in [0.25, 0.3) is 0 Å². The summed E-state index contributed by atoms with van der Waals surface area (Å²) in [6.45, 7) is 11.1. The van der Waals surface area contributed by atoms with Crippen LogP contribution in [0, 0.1) is 0 Å². The Morgan fingerprint density at radius 2 is 2.11 bits per heavy atom. The van der Waals surface area contributed by atoms with E-state index in [1.165, 1.54) is 38.0 Å². The van der Waals surface area contributed by atoms with Gasteiger partial charge in [-0.1, -0.05) is 6.92 Å². The van der Waals surface area contributed by atoms with Gasteiger partial charge < -0.3 is 5.32 Å². The predicted molar refractivity (Wildman–Crippen MR) is 79.2 cm³/mol. The average Bonchev–Trinajstić information content (AvgIpc) is 2.87. The molecule has 1 N–H and O–H groups in total. The summed E-state index contributed by atoms with van der Waals surface area (Å²) >= 11 is 0. The molecule has 1 saturated heterocycles. The van der Waals surface area contributed by atoms with Crippen LogP contribution in [-0.2, 0) is 6.54 Å². The van der Waals surface area contributed by atoms with Gasteiger partial charge in [0.05, 0.1) is 5.69 Å². The van der Waals surface area contributed by atoms with Crippen molar-refractivity contribution < 1.29 is 0 Å². The highest BCUT2D eigenvalue weighted by atomic mass is 15.3. The predicted octanol–water partition coefficient (Wildman–Crippen LogP) is 2.43. The molecule has 0 aromatic carbocycles. The zero-order valence-corrected chi connectivity index (χ0v) is 12.6. The van der Waals surface area contributed by atoms with Crippen molar-refractivity contribution >= 4 is 0 Å². The lowest BCUT2D eigenvalue weighted by Gasteiger charge is -2.31. The summed E-state index contributed by atoms with van der Waals surface area (Å²) in [5, 5.41) is 8.26. The Balaban J connectivity index is 1.75. The lowest BCUT2D eigenvalue weighted by atomic mass is 10.0. The van der Waals surface area contributed by atoms with Crippen molar-refractivity contribution in [2.75, 3.05) is 19.6 Å². The highest BCUT2D eigenvalue weighted by Crippen LogP contribution is 2.14. The van der Waals surface area contributed by atoms with Gasteiger partial charge in [-0.3, -0.25) is 9.58 Å². The molecule has 0 radical (unpaired) electrons. The van der Waals surface area contributed by atoms with Gasteiger partial charge in [0.15, 0.2) is 0 Å². The van der Waals surface area contributed by atoms with Gasteiger partial charge in [0.25, 0.3) is 0 Å². The molecule has 2 rings (SSSR count). The Morgan fingerprint density at radius 3 is 2.68 bits per heavy atom. The van der Waals surface area contributed by atoms with Gasteiger partial charge >= 0.3 is 0 Å². The molecule has 0 atom stereocenters. The van der Waals surface area contributed by atoms with Gasteiger partial charge in [-0.15, -0.1) is 0 Å². The van der Waals surface area contributed by atoms with Gasteiger partial charge in [0, 0.05) is 37.9 Å². The van der Waals surface area contributed by atoms with Crippen LogP contribution in [0.4, 0.5) is 0 Å². The molecule has 19 heavy (non-hydrogen) atoms. The molecule has 2 heterocycles. The molecule has 1 aliphatic rings. The van der Waals surface area contributed by atoms with Gasteiger partial charge in [0.2, 0.25) is 0 Å². The van der Waals surface area contributed by atoms with E-state index in [0.29, 0.717) is 6.04 Å². The summed E-state index contributed by atoms with van der Waals surface area (Å²) in [5.41, 5.74) is 1.20. The highest BCUT2D eigenvalue weighted by molar-refractivity contribution is 5.00. The molecule has 0 amide bonds. The smallest absolute Gasteiger partial charge is 0.0764 e. The molecule has 0 bridgehead atoms. The van der Waals surface area contributed by atoms with E-state index in [1.807, 2.05) is 4.68 Å². The first-order valence-corrected chi connectivity index (χ1v) is 7.68. The van der Waals surface area contributed by atoms with Crippen molar-refractivity contribution in [1.29, 1.82) is 0 Å². The highest BCUT2D eigenvalue weighted by Gasteiger charge is 2.19. The lowest BCUT2D eigenvalue weighted by Crippen LogP contribution is -2.42. The Morgan fingerprint density at radius 1 is 1.37 bits per heavy atom. The summed E-state index contributed by atoms with van der Waals surface area (Å²) in [6, 6.07) is 3.34. The fraction of sp³-hybridized carbons (Fsp3) is 0.800. The molecule has 0 spiro atoms. The normalized spacial score (nSPS) is 18.3. The molecule has 4 nitrogen and oxygen atoms in total. The molecule has 1 aromatic rings. The van der Waals surface area contributed by atoms with Crippen molar-refractivity contribution in [3.63, 3.8) is 0 Å². The van der Waals surface area contributed by atoms with Crippen LogP contribution < -0.4 is 5.32 Å². The maximum Gasteiger partial charge on any atom is 0.0764 e. The van der Waals surface area contributed by atoms with Crippen molar-refractivity contribution in [2.45, 2.75) is 58.7 Å². The number of hydrogen-bond donors (Lipinski definition) is 1. The summed E-state index contributed by atoms with van der Waals surface area (Å²) in [4.78, 5) is 2.52. The maximum atomic E-state index is 4.63. The quantitative estimate of drug-likeness (QED) is 0.856. The fourth-order valence-electron chi connectivity index (χ4n) is 2.62. The molecule has 108 valence electrons. The standard InChI is InChI=1S/C15H28N4/c1-4-8-16-14-5-9-18(10-6-14)12-15-7-11-19(17-15)13(2)3/h7,11,13-14,16H,4-6,8-10,12H2,1-3H3. The Bertz CT molecular complexity index is 364. The van der Waals surface area contributed by atoms with Crippen LogP contribution in [0.1, 0.15) is 51.8 Å². The number of likely N-dealkylation sites (tertiary alicyclic amines) is 1. The Labute approximate surface area is 117 Å². The first-order valence-electron chi connectivity index (χ1n) is 7.68. The van der Waals surface area contributed by atoms with Gasteiger partial charge in [-0.05, 0) is 45.7 Å². The summed E-state index contributed by atoms with van der Waals surface area (Å²) < 4.78 is 2.05. The topological polar surface area (TPSA) is 33.1 Å². The number of nitrogens with zero attached hydrogens (tertiary/aromatic N) is 3. The summed E-state index contributed by atoms with van der Waals surface area (Å²) in [7, 11) is 0. The summed E-state index contributed by atoms with van der Waals surface area (Å²) in [5.74, 6) is 0. The van der Waals surface area contributed by atoms with Crippen LogP contribution in [-0.4, -0.2) is 40.4 Å². The third kappa shape index (κ3) is 4.32. The summed E-state index contributed by atoms with van der Waals surface area (Å²) in [6.07, 6.45) is 5.86. The third-order valence-corrected chi connectivity index (χ3v) is 3.85. The van der Waals surface area contributed by atoms with Gasteiger partial charge in [-0.25, -0.2) is 0 Å². The van der Waals surface area contributed by atoms with E-state index < -0.39 is 0 Å². The van der Waals surface area contributed by atoms with E-state index in [0.717, 1.165) is 19.1 Å². The lowest BCUT2D eigenvalue weighted by molar-refractivity contribution is 0.188. The SMILES string of the molecule is CCCNC1CCN(Cc2ccn(C(C)C)n2)CC1. The molecule has 0 aliphatic carbocycles. The second-order valence-corrected chi connectivity index (χ2v) is 5.89. The van der Waals surface area contributed by atoms with Crippen LogP contribution in [0.2, 0.25) is 0 Å². The van der Waals surface area contributed by atoms with Crippen molar-refractivity contribution in [1.82, 2.24) is 20.0 Å². The number of hydrogen-bond acceptors (Lipinski definition) is 3. The molecule has 1 aromatic heterocycles. The Hall–Kier alpha value is -0.870. The van der Waals surface area contributed by atoms with Crippen molar-refractivity contribution in [3.8, 4) is 0 Å². The van der Waals surface area contributed by atoms with Crippen LogP contribution in [0.15, 0.2) is 12.3 Å². The minimum Gasteiger partial charge on any atom is -0.314 e. The zero-order chi connectivity index (χ0) is 13.7. The number of nitrogens with one attached hydrogen (secondary N) is 1. The fourth-order valence-corrected chi connectivity index (χ4v) is 2.62. The monoisotopic (exact) mass is 264 g/mol. The Kier molecular flexibility index (Phi) is 5.40. The van der Waals surface area contributed by atoms with E-state index in [4.69, 9.17) is 0 Å². The molecule has 1 aliphatic heterocycles. The van der Waals surface area contributed by atoms with E-state index in [-0.39, 0.29) is 0 Å². The molecule has 0 saturated carbocycles. The average molecular weight is 264 g/mol. The maximum absolute atomic E-state index is 4.63. The first kappa shape index (κ1) is 14.5. The molecular formula is C15H28N4. The van der Waals surface area contributed by atoms with E-state index >= 15 is 0 Å².